The van der Waals surface area contributed by atoms with E-state index in [1.165, 1.54) is 0 Å². The molecule has 0 aliphatic heterocycles. The largest absolute Gasteiger partial charge is 0.396 e. The number of aliphatic hydroxyl groups excluding tert-OH is 1. The van der Waals surface area contributed by atoms with E-state index in [1.54, 1.807) is 0 Å². The number of hydrogen-bond donors (Lipinski definition) is 1. The summed E-state index contributed by atoms with van der Waals surface area (Å²) in [6.45, 7) is 7.09. The zero-order valence-electron chi connectivity index (χ0n) is 6.46. The van der Waals surface area contributed by atoms with E-state index in [4.69, 9.17) is 5.11 Å². The van der Waals surface area contributed by atoms with Crippen molar-refractivity contribution in [1.29, 1.82) is 0 Å². The zero-order chi connectivity index (χ0) is 7.02. The van der Waals surface area contributed by atoms with Gasteiger partial charge in [-0.2, -0.15) is 0 Å². The minimum Gasteiger partial charge on any atom is -0.396 e. The van der Waals surface area contributed by atoms with E-state index in [0.29, 0.717) is 12.5 Å². The predicted molar refractivity (Wildman–Crippen MR) is 38.1 cm³/mol. The predicted octanol–water partition coefficient (Wildman–Crippen LogP) is 1.52. The Balaban J connectivity index is 2.33. The first-order valence-corrected chi connectivity index (χ1v) is 3.79. The van der Waals surface area contributed by atoms with Gasteiger partial charge < -0.3 is 5.11 Å². The third-order valence-electron chi connectivity index (χ3n) is 2.62. The highest BCUT2D eigenvalue weighted by Gasteiger charge is 2.47. The topological polar surface area (TPSA) is 20.2 Å². The third-order valence-corrected chi connectivity index (χ3v) is 2.62. The molecule has 0 aromatic heterocycles. The molecule has 1 N–H and O–H groups in total. The maximum Gasteiger partial charge on any atom is 0.0464 e. The monoisotopic (exact) mass is 128 g/mol. The molecule has 9 heavy (non-hydrogen) atoms. The Hall–Kier alpha value is -0.0400. The first-order chi connectivity index (χ1) is 4.18. The standard InChI is InChI=1S/C8H16O/c1-5(2)8-6(3)7(8)4-9/h5-9H,4H2,1-3H3/t6-,7-,8-/m1/s1. The van der Waals surface area contributed by atoms with Gasteiger partial charge in [0, 0.05) is 6.61 Å². The molecule has 0 spiro atoms. The SMILES string of the molecule is CC(C)[C@@H]1[C@H](C)[C@H]1CO. The van der Waals surface area contributed by atoms with E-state index < -0.39 is 0 Å². The van der Waals surface area contributed by atoms with Crippen molar-refractivity contribution in [3.05, 3.63) is 0 Å². The van der Waals surface area contributed by atoms with Crippen LogP contribution >= 0.6 is 0 Å². The van der Waals surface area contributed by atoms with Gasteiger partial charge in [0.1, 0.15) is 0 Å². The van der Waals surface area contributed by atoms with Crippen LogP contribution in [0, 0.1) is 23.7 Å². The Morgan fingerprint density at radius 1 is 1.44 bits per heavy atom. The lowest BCUT2D eigenvalue weighted by molar-refractivity contribution is 0.259. The fourth-order valence-corrected chi connectivity index (χ4v) is 1.97. The fraction of sp³-hybridized carbons (Fsp3) is 1.00. The highest BCUT2D eigenvalue weighted by atomic mass is 16.3. The first-order valence-electron chi connectivity index (χ1n) is 3.79. The average Bonchev–Trinajstić information content (AvgIpc) is 2.40. The normalized spacial score (nSPS) is 41.7. The molecular weight excluding hydrogens is 112 g/mol. The van der Waals surface area contributed by atoms with Crippen molar-refractivity contribution in [3.63, 3.8) is 0 Å². The van der Waals surface area contributed by atoms with Crippen molar-refractivity contribution < 1.29 is 5.11 Å². The molecule has 1 aliphatic carbocycles. The summed E-state index contributed by atoms with van der Waals surface area (Å²) in [6, 6.07) is 0. The highest BCUT2D eigenvalue weighted by molar-refractivity contribution is 4.94. The lowest BCUT2D eigenvalue weighted by Crippen LogP contribution is -1.95. The van der Waals surface area contributed by atoms with Crippen LogP contribution in [-0.2, 0) is 0 Å². The van der Waals surface area contributed by atoms with Gasteiger partial charge >= 0.3 is 0 Å². The number of aliphatic hydroxyl groups is 1. The van der Waals surface area contributed by atoms with Gasteiger partial charge in [-0.25, -0.2) is 0 Å². The van der Waals surface area contributed by atoms with Crippen LogP contribution in [-0.4, -0.2) is 11.7 Å². The van der Waals surface area contributed by atoms with Crippen LogP contribution in [0.25, 0.3) is 0 Å². The second kappa shape index (κ2) is 2.30. The third kappa shape index (κ3) is 1.11. The molecule has 54 valence electrons. The van der Waals surface area contributed by atoms with Crippen molar-refractivity contribution >= 4 is 0 Å². The summed E-state index contributed by atoms with van der Waals surface area (Å²) in [7, 11) is 0. The molecule has 0 unspecified atom stereocenters. The summed E-state index contributed by atoms with van der Waals surface area (Å²) in [4.78, 5) is 0. The summed E-state index contributed by atoms with van der Waals surface area (Å²) in [5.41, 5.74) is 0. The van der Waals surface area contributed by atoms with Crippen LogP contribution in [0.3, 0.4) is 0 Å². The van der Waals surface area contributed by atoms with E-state index in [-0.39, 0.29) is 0 Å². The van der Waals surface area contributed by atoms with Crippen LogP contribution in [0.5, 0.6) is 0 Å². The molecule has 0 aromatic rings. The molecule has 3 atom stereocenters. The minimum absolute atomic E-state index is 0.393. The molecule has 1 aliphatic rings. The molecule has 1 heteroatoms. The molecule has 1 saturated carbocycles. The van der Waals surface area contributed by atoms with Gasteiger partial charge in [0.2, 0.25) is 0 Å². The number of rotatable bonds is 2. The van der Waals surface area contributed by atoms with Crippen molar-refractivity contribution in [2.24, 2.45) is 23.7 Å². The van der Waals surface area contributed by atoms with E-state index in [9.17, 15) is 0 Å². The van der Waals surface area contributed by atoms with Crippen LogP contribution in [0.15, 0.2) is 0 Å². The summed E-state index contributed by atoms with van der Waals surface area (Å²) < 4.78 is 0. The summed E-state index contributed by atoms with van der Waals surface area (Å²) >= 11 is 0. The Kier molecular flexibility index (Phi) is 1.80. The van der Waals surface area contributed by atoms with Crippen LogP contribution in [0.4, 0.5) is 0 Å². The second-order valence-corrected chi connectivity index (χ2v) is 3.53. The van der Waals surface area contributed by atoms with Crippen LogP contribution < -0.4 is 0 Å². The first kappa shape index (κ1) is 7.07. The molecule has 0 bridgehead atoms. The van der Waals surface area contributed by atoms with E-state index in [2.05, 4.69) is 20.8 Å². The summed E-state index contributed by atoms with van der Waals surface area (Å²) in [5.74, 6) is 2.95. The van der Waals surface area contributed by atoms with Crippen molar-refractivity contribution in [2.75, 3.05) is 6.61 Å². The van der Waals surface area contributed by atoms with Gasteiger partial charge in [0.25, 0.3) is 0 Å². The van der Waals surface area contributed by atoms with Gasteiger partial charge in [-0.3, -0.25) is 0 Å². The van der Waals surface area contributed by atoms with Gasteiger partial charge in [-0.15, -0.1) is 0 Å². The molecule has 0 saturated heterocycles. The maximum atomic E-state index is 8.80. The zero-order valence-corrected chi connectivity index (χ0v) is 6.46. The Labute approximate surface area is 57.1 Å². The second-order valence-electron chi connectivity index (χ2n) is 3.53. The molecule has 1 rings (SSSR count). The minimum atomic E-state index is 0.393. The molecule has 1 fully saturated rings. The van der Waals surface area contributed by atoms with Gasteiger partial charge in [0.05, 0.1) is 0 Å². The van der Waals surface area contributed by atoms with Crippen LogP contribution in [0.2, 0.25) is 0 Å². The van der Waals surface area contributed by atoms with Crippen LogP contribution in [0.1, 0.15) is 20.8 Å². The Morgan fingerprint density at radius 2 is 2.00 bits per heavy atom. The summed E-state index contributed by atoms with van der Waals surface area (Å²) in [5, 5.41) is 8.80. The fourth-order valence-electron chi connectivity index (χ4n) is 1.97. The quantitative estimate of drug-likeness (QED) is 0.597. The van der Waals surface area contributed by atoms with Gasteiger partial charge in [-0.05, 0) is 23.7 Å². The molecule has 1 nitrogen and oxygen atoms in total. The van der Waals surface area contributed by atoms with Crippen molar-refractivity contribution in [3.8, 4) is 0 Å². The molecule has 0 aromatic carbocycles. The van der Waals surface area contributed by atoms with E-state index in [0.717, 1.165) is 17.8 Å². The lowest BCUT2D eigenvalue weighted by atomic mass is 10.1. The lowest BCUT2D eigenvalue weighted by Gasteiger charge is -1.99. The Morgan fingerprint density at radius 3 is 2.11 bits per heavy atom. The van der Waals surface area contributed by atoms with E-state index in [1.807, 2.05) is 0 Å². The summed E-state index contributed by atoms with van der Waals surface area (Å²) in [6.07, 6.45) is 0. The Bertz CT molecular complexity index is 98.7. The van der Waals surface area contributed by atoms with Gasteiger partial charge in [0.15, 0.2) is 0 Å². The van der Waals surface area contributed by atoms with Crippen molar-refractivity contribution in [2.45, 2.75) is 20.8 Å². The molecular formula is C8H16O. The molecule has 0 heterocycles. The van der Waals surface area contributed by atoms with Gasteiger partial charge in [-0.1, -0.05) is 20.8 Å². The van der Waals surface area contributed by atoms with Crippen molar-refractivity contribution in [1.82, 2.24) is 0 Å². The average molecular weight is 128 g/mol. The smallest absolute Gasteiger partial charge is 0.0464 e. The maximum absolute atomic E-state index is 8.80. The van der Waals surface area contributed by atoms with E-state index >= 15 is 0 Å². The molecule has 0 amide bonds. The highest BCUT2D eigenvalue weighted by Crippen LogP contribution is 2.49. The number of hydrogen-bond acceptors (Lipinski definition) is 1. The molecule has 0 radical (unpaired) electrons.